The van der Waals surface area contributed by atoms with Crippen molar-refractivity contribution in [1.82, 2.24) is 14.6 Å². The molecule has 0 fully saturated rings. The third kappa shape index (κ3) is 4.40. The molecule has 0 spiro atoms. The third-order valence-electron chi connectivity index (χ3n) is 5.13. The molecule has 0 aliphatic heterocycles. The Kier molecular flexibility index (Phi) is 5.70. The number of nitrogens with zero attached hydrogens (tertiary/aromatic N) is 3. The number of hydrogen-bond acceptors (Lipinski definition) is 5. The van der Waals surface area contributed by atoms with Gasteiger partial charge in [-0.15, -0.1) is 16.4 Å². The molecule has 0 atom stereocenters. The molecule has 1 N–H and O–H groups in total. The molecule has 0 radical (unpaired) electrons. The molecule has 0 saturated heterocycles. The number of benzene rings is 3. The van der Waals surface area contributed by atoms with Crippen LogP contribution in [0, 0.1) is 0 Å². The number of carbonyl (C=O) groups excluding carboxylic acids is 1. The van der Waals surface area contributed by atoms with Crippen molar-refractivity contribution in [3.63, 3.8) is 0 Å². The Labute approximate surface area is 194 Å². The molecule has 162 valence electrons. The van der Waals surface area contributed by atoms with E-state index >= 15 is 0 Å². The molecule has 0 bridgehead atoms. The van der Waals surface area contributed by atoms with Crippen LogP contribution in [0.25, 0.3) is 27.9 Å². The minimum absolute atomic E-state index is 0.261. The summed E-state index contributed by atoms with van der Waals surface area (Å²) in [6, 6.07) is 27.1. The van der Waals surface area contributed by atoms with Crippen LogP contribution in [0.3, 0.4) is 0 Å². The lowest BCUT2D eigenvalue weighted by Gasteiger charge is -2.07. The molecule has 5 aromatic rings. The second-order valence-electron chi connectivity index (χ2n) is 7.27. The maximum Gasteiger partial charge on any atom is 0.258 e. The standard InChI is InChI=1S/C26H20N4O2S/c1-32-21-14-12-20(13-15-21)23-17-33-26-28-25(29-30(23)26)27-24(31)22(19-10-6-3-7-11-19)16-18-8-4-2-5-9-18/h2-17H,1H3,(H,27,29,31)/b22-16-. The first-order chi connectivity index (χ1) is 16.2. The summed E-state index contributed by atoms with van der Waals surface area (Å²) in [5, 5.41) is 9.40. The number of nitrogens with one attached hydrogen (secondary N) is 1. The molecule has 2 aromatic heterocycles. The van der Waals surface area contributed by atoms with Gasteiger partial charge in [-0.25, -0.2) is 4.52 Å². The SMILES string of the molecule is COc1ccc(-c2csc3nc(NC(=O)/C(=C\c4ccccc4)c4ccccc4)nn23)cc1. The van der Waals surface area contributed by atoms with Crippen LogP contribution in [0.2, 0.25) is 0 Å². The predicted molar refractivity (Wildman–Crippen MR) is 132 cm³/mol. The zero-order valence-electron chi connectivity index (χ0n) is 17.8. The first-order valence-corrected chi connectivity index (χ1v) is 11.2. The highest BCUT2D eigenvalue weighted by atomic mass is 32.1. The number of thiazole rings is 1. The van der Waals surface area contributed by atoms with Gasteiger partial charge in [0.2, 0.25) is 4.96 Å². The maximum atomic E-state index is 13.3. The average Bonchev–Trinajstić information content (AvgIpc) is 3.44. The molecule has 0 aliphatic rings. The van der Waals surface area contributed by atoms with Gasteiger partial charge in [0.1, 0.15) is 5.75 Å². The van der Waals surface area contributed by atoms with Crippen LogP contribution in [0.15, 0.2) is 90.3 Å². The van der Waals surface area contributed by atoms with Crippen LogP contribution in [0.5, 0.6) is 5.75 Å². The Hall–Kier alpha value is -4.23. The number of aromatic nitrogens is 3. The number of fused-ring (bicyclic) bond motifs is 1. The van der Waals surface area contributed by atoms with E-state index in [0.29, 0.717) is 10.5 Å². The Balaban J connectivity index is 1.46. The number of methoxy groups -OCH3 is 1. The van der Waals surface area contributed by atoms with Gasteiger partial charge in [-0.3, -0.25) is 10.1 Å². The van der Waals surface area contributed by atoms with Crippen molar-refractivity contribution < 1.29 is 9.53 Å². The molecular formula is C26H20N4O2S. The van der Waals surface area contributed by atoms with E-state index in [1.165, 1.54) is 11.3 Å². The summed E-state index contributed by atoms with van der Waals surface area (Å²) < 4.78 is 6.98. The summed E-state index contributed by atoms with van der Waals surface area (Å²) >= 11 is 1.47. The van der Waals surface area contributed by atoms with Crippen molar-refractivity contribution in [3.8, 4) is 17.0 Å². The van der Waals surface area contributed by atoms with Crippen molar-refractivity contribution in [2.75, 3.05) is 12.4 Å². The van der Waals surface area contributed by atoms with E-state index in [2.05, 4.69) is 15.4 Å². The van der Waals surface area contributed by atoms with E-state index < -0.39 is 0 Å². The highest BCUT2D eigenvalue weighted by Crippen LogP contribution is 2.28. The number of rotatable bonds is 6. The molecular weight excluding hydrogens is 432 g/mol. The van der Waals surface area contributed by atoms with Gasteiger partial charge in [-0.1, -0.05) is 60.7 Å². The Morgan fingerprint density at radius 1 is 0.970 bits per heavy atom. The summed E-state index contributed by atoms with van der Waals surface area (Å²) in [7, 11) is 1.64. The van der Waals surface area contributed by atoms with Crippen molar-refractivity contribution in [2.24, 2.45) is 0 Å². The van der Waals surface area contributed by atoms with Gasteiger partial charge < -0.3 is 4.74 Å². The second-order valence-corrected chi connectivity index (χ2v) is 8.10. The molecule has 0 unspecified atom stereocenters. The van der Waals surface area contributed by atoms with Gasteiger partial charge >= 0.3 is 0 Å². The highest BCUT2D eigenvalue weighted by molar-refractivity contribution is 7.15. The maximum absolute atomic E-state index is 13.3. The fraction of sp³-hybridized carbons (Fsp3) is 0.0385. The number of carbonyl (C=O) groups is 1. The molecule has 1 amide bonds. The van der Waals surface area contributed by atoms with Crippen molar-refractivity contribution in [2.45, 2.75) is 0 Å². The van der Waals surface area contributed by atoms with Gasteiger partial charge in [-0.05, 0) is 41.5 Å². The highest BCUT2D eigenvalue weighted by Gasteiger charge is 2.17. The number of amides is 1. The van der Waals surface area contributed by atoms with Crippen molar-refractivity contribution in [3.05, 3.63) is 101 Å². The Morgan fingerprint density at radius 3 is 2.36 bits per heavy atom. The fourth-order valence-corrected chi connectivity index (χ4v) is 4.31. The largest absolute Gasteiger partial charge is 0.497 e. The van der Waals surface area contributed by atoms with Crippen LogP contribution in [0.4, 0.5) is 5.95 Å². The molecule has 0 aliphatic carbocycles. The van der Waals surface area contributed by atoms with E-state index in [-0.39, 0.29) is 11.9 Å². The van der Waals surface area contributed by atoms with E-state index in [9.17, 15) is 4.79 Å². The minimum Gasteiger partial charge on any atom is -0.497 e. The van der Waals surface area contributed by atoms with Gasteiger partial charge in [0, 0.05) is 16.5 Å². The zero-order valence-corrected chi connectivity index (χ0v) is 18.6. The number of hydrogen-bond donors (Lipinski definition) is 1. The molecule has 7 heteroatoms. The summed E-state index contributed by atoms with van der Waals surface area (Å²) in [5.41, 5.74) is 4.17. The molecule has 2 heterocycles. The molecule has 6 nitrogen and oxygen atoms in total. The monoisotopic (exact) mass is 452 g/mol. The lowest BCUT2D eigenvalue weighted by molar-refractivity contribution is -0.111. The van der Waals surface area contributed by atoms with Gasteiger partial charge in [0.15, 0.2) is 0 Å². The lowest BCUT2D eigenvalue weighted by atomic mass is 10.0. The number of anilines is 1. The van der Waals surface area contributed by atoms with Crippen LogP contribution in [0.1, 0.15) is 11.1 Å². The summed E-state index contributed by atoms with van der Waals surface area (Å²) in [5.74, 6) is 0.779. The number of ether oxygens (including phenoxy) is 1. The van der Waals surface area contributed by atoms with Crippen molar-refractivity contribution >= 4 is 39.8 Å². The summed E-state index contributed by atoms with van der Waals surface area (Å²) in [4.78, 5) is 18.5. The van der Waals surface area contributed by atoms with Gasteiger partial charge in [0.05, 0.1) is 12.8 Å². The van der Waals surface area contributed by atoms with Crippen molar-refractivity contribution in [1.29, 1.82) is 0 Å². The summed E-state index contributed by atoms with van der Waals surface area (Å²) in [6.45, 7) is 0. The Morgan fingerprint density at radius 2 is 1.67 bits per heavy atom. The lowest BCUT2D eigenvalue weighted by Crippen LogP contribution is -2.15. The van der Waals surface area contributed by atoms with Crippen LogP contribution >= 0.6 is 11.3 Å². The molecule has 5 rings (SSSR count). The topological polar surface area (TPSA) is 68.5 Å². The van der Waals surface area contributed by atoms with E-state index in [4.69, 9.17) is 4.74 Å². The smallest absolute Gasteiger partial charge is 0.258 e. The zero-order chi connectivity index (χ0) is 22.6. The molecule has 3 aromatic carbocycles. The molecule has 0 saturated carbocycles. The van der Waals surface area contributed by atoms with E-state index in [1.54, 1.807) is 11.6 Å². The van der Waals surface area contributed by atoms with Crippen LogP contribution in [-0.2, 0) is 4.79 Å². The van der Waals surface area contributed by atoms with E-state index in [0.717, 1.165) is 28.1 Å². The van der Waals surface area contributed by atoms with Crippen LogP contribution in [-0.4, -0.2) is 27.6 Å². The first-order valence-electron chi connectivity index (χ1n) is 10.3. The summed E-state index contributed by atoms with van der Waals surface area (Å²) in [6.07, 6.45) is 1.87. The third-order valence-corrected chi connectivity index (χ3v) is 5.95. The molecule has 33 heavy (non-hydrogen) atoms. The normalized spacial score (nSPS) is 11.5. The fourth-order valence-electron chi connectivity index (χ4n) is 3.48. The Bertz CT molecular complexity index is 1420. The quantitative estimate of drug-likeness (QED) is 0.267. The predicted octanol–water partition coefficient (Wildman–Crippen LogP) is 5.65. The average molecular weight is 453 g/mol. The van der Waals surface area contributed by atoms with Crippen LogP contribution < -0.4 is 10.1 Å². The van der Waals surface area contributed by atoms with Gasteiger partial charge in [0.25, 0.3) is 11.9 Å². The second kappa shape index (κ2) is 9.10. The first kappa shape index (κ1) is 20.7. The minimum atomic E-state index is -0.269. The van der Waals surface area contributed by atoms with Gasteiger partial charge in [-0.2, -0.15) is 4.98 Å². The van der Waals surface area contributed by atoms with E-state index in [1.807, 2.05) is 96.4 Å².